The molecule has 1 aliphatic heterocycles. The van der Waals surface area contributed by atoms with Gasteiger partial charge in [-0.1, -0.05) is 0 Å². The molecule has 1 amide bonds. The molecule has 0 radical (unpaired) electrons. The van der Waals surface area contributed by atoms with Crippen molar-refractivity contribution in [2.75, 3.05) is 20.2 Å². The largest absolute Gasteiger partial charge is 0.495 e. The Kier molecular flexibility index (Phi) is 5.75. The van der Waals surface area contributed by atoms with Crippen LogP contribution >= 0.6 is 0 Å². The summed E-state index contributed by atoms with van der Waals surface area (Å²) >= 11 is 0. The van der Waals surface area contributed by atoms with Gasteiger partial charge in [0.05, 0.1) is 18.9 Å². The maximum atomic E-state index is 13.8. The number of amides is 1. The quantitative estimate of drug-likeness (QED) is 0.512. The summed E-state index contributed by atoms with van der Waals surface area (Å²) in [4.78, 5) is 14.5. The van der Waals surface area contributed by atoms with Crippen molar-refractivity contribution in [3.63, 3.8) is 0 Å². The number of pyridine rings is 1. The minimum Gasteiger partial charge on any atom is -0.495 e. The van der Waals surface area contributed by atoms with Crippen molar-refractivity contribution < 1.29 is 31.5 Å². The van der Waals surface area contributed by atoms with Gasteiger partial charge in [0.25, 0.3) is 11.8 Å². The molecule has 1 saturated heterocycles. The lowest BCUT2D eigenvalue weighted by Gasteiger charge is -2.32. The van der Waals surface area contributed by atoms with E-state index < -0.39 is 23.2 Å². The van der Waals surface area contributed by atoms with Crippen LogP contribution in [0.15, 0.2) is 36.5 Å². The van der Waals surface area contributed by atoms with Gasteiger partial charge in [-0.25, -0.2) is 8.78 Å². The number of carbonyl (C=O) groups is 1. The number of ether oxygens (including phenoxy) is 1. The molecule has 3 heterocycles. The fourth-order valence-electron chi connectivity index (χ4n) is 4.00. The second-order valence-corrected chi connectivity index (χ2v) is 8.12. The van der Waals surface area contributed by atoms with Crippen LogP contribution < -0.4 is 4.74 Å². The lowest BCUT2D eigenvalue weighted by Crippen LogP contribution is -2.38. The Morgan fingerprint density at radius 3 is 2.30 bits per heavy atom. The fraction of sp³-hybridized carbons (Fsp3) is 0.409. The predicted octanol–water partition coefficient (Wildman–Crippen LogP) is 4.89. The molecule has 1 aliphatic rings. The van der Waals surface area contributed by atoms with Gasteiger partial charge in [0, 0.05) is 25.6 Å². The molecule has 176 valence electrons. The minimum atomic E-state index is -4.73. The van der Waals surface area contributed by atoms with Crippen molar-refractivity contribution >= 4 is 11.6 Å². The first-order valence-electron chi connectivity index (χ1n) is 10.3. The zero-order chi connectivity index (χ0) is 24.0. The van der Waals surface area contributed by atoms with E-state index in [9.17, 15) is 26.7 Å². The summed E-state index contributed by atoms with van der Waals surface area (Å²) in [5.41, 5.74) is -1.11. The van der Waals surface area contributed by atoms with E-state index in [0.717, 1.165) is 12.1 Å². The van der Waals surface area contributed by atoms with E-state index in [0.29, 0.717) is 37.2 Å². The highest BCUT2D eigenvalue weighted by Crippen LogP contribution is 2.39. The van der Waals surface area contributed by atoms with Crippen LogP contribution in [0.1, 0.15) is 53.0 Å². The van der Waals surface area contributed by atoms with Gasteiger partial charge >= 0.3 is 6.18 Å². The second kappa shape index (κ2) is 8.27. The van der Waals surface area contributed by atoms with Gasteiger partial charge in [-0.2, -0.15) is 13.2 Å². The normalized spacial score (nSPS) is 15.8. The van der Waals surface area contributed by atoms with Gasteiger partial charge in [0.1, 0.15) is 5.75 Å². The Balaban J connectivity index is 1.54. The Bertz CT molecular complexity index is 1150. The third kappa shape index (κ3) is 4.62. The molecule has 0 spiro atoms. The molecule has 33 heavy (non-hydrogen) atoms. The molecule has 0 aliphatic carbocycles. The van der Waals surface area contributed by atoms with E-state index in [2.05, 4.69) is 10.2 Å². The summed E-state index contributed by atoms with van der Waals surface area (Å²) < 4.78 is 74.2. The van der Waals surface area contributed by atoms with E-state index in [-0.39, 0.29) is 36.3 Å². The van der Waals surface area contributed by atoms with Crippen molar-refractivity contribution in [3.8, 4) is 5.75 Å². The van der Waals surface area contributed by atoms with Crippen molar-refractivity contribution in [2.45, 2.75) is 37.8 Å². The van der Waals surface area contributed by atoms with Crippen molar-refractivity contribution in [2.24, 2.45) is 0 Å². The molecule has 11 heteroatoms. The molecule has 4 rings (SSSR count). The van der Waals surface area contributed by atoms with Crippen LogP contribution in [0.5, 0.6) is 5.75 Å². The van der Waals surface area contributed by atoms with Crippen LogP contribution in [0, 0.1) is 0 Å². The first kappa shape index (κ1) is 22.9. The summed E-state index contributed by atoms with van der Waals surface area (Å²) in [7, 11) is 1.49. The average molecular weight is 468 g/mol. The number of aromatic nitrogens is 3. The van der Waals surface area contributed by atoms with E-state index in [1.165, 1.54) is 16.4 Å². The third-order valence-electron chi connectivity index (χ3n) is 5.85. The smallest absolute Gasteiger partial charge is 0.416 e. The zero-order valence-corrected chi connectivity index (χ0v) is 17.9. The number of methoxy groups -OCH3 is 1. The number of fused-ring (bicyclic) bond motifs is 1. The molecule has 0 saturated carbocycles. The van der Waals surface area contributed by atoms with E-state index in [1.807, 2.05) is 0 Å². The monoisotopic (exact) mass is 468 g/mol. The predicted molar refractivity (Wildman–Crippen MR) is 108 cm³/mol. The molecule has 0 atom stereocenters. The number of nitrogens with zero attached hydrogens (tertiary/aromatic N) is 4. The van der Waals surface area contributed by atoms with Gasteiger partial charge < -0.3 is 9.64 Å². The number of alkyl halides is 5. The topological polar surface area (TPSA) is 59.7 Å². The molecule has 3 aromatic rings. The highest BCUT2D eigenvalue weighted by molar-refractivity contribution is 5.91. The van der Waals surface area contributed by atoms with E-state index in [1.54, 1.807) is 18.3 Å². The first-order chi connectivity index (χ1) is 15.5. The van der Waals surface area contributed by atoms with Gasteiger partial charge in [-0.15, -0.1) is 10.2 Å². The maximum Gasteiger partial charge on any atom is 0.416 e. The number of hydrogen-bond donors (Lipinski definition) is 0. The zero-order valence-electron chi connectivity index (χ0n) is 17.9. The lowest BCUT2D eigenvalue weighted by atomic mass is 9.86. The summed E-state index contributed by atoms with van der Waals surface area (Å²) in [6.45, 7) is 1.07. The Morgan fingerprint density at radius 2 is 1.70 bits per heavy atom. The van der Waals surface area contributed by atoms with Gasteiger partial charge in [-0.3, -0.25) is 9.20 Å². The van der Waals surface area contributed by atoms with Crippen LogP contribution in [0.3, 0.4) is 0 Å². The SMILES string of the molecule is COc1ccc2nnc(C(=O)N3CCC(c4cc(C(C)(F)F)cc(C(F)(F)F)c4)CC3)n2c1. The molecular weight excluding hydrogens is 447 g/mol. The van der Waals surface area contributed by atoms with Crippen molar-refractivity contribution in [1.29, 1.82) is 0 Å². The van der Waals surface area contributed by atoms with Crippen molar-refractivity contribution in [1.82, 2.24) is 19.5 Å². The second-order valence-electron chi connectivity index (χ2n) is 8.12. The Labute approximate surface area is 186 Å². The first-order valence-corrected chi connectivity index (χ1v) is 10.3. The highest BCUT2D eigenvalue weighted by atomic mass is 19.4. The van der Waals surface area contributed by atoms with Gasteiger partial charge in [0.15, 0.2) is 5.65 Å². The van der Waals surface area contributed by atoms with Crippen LogP contribution in [-0.2, 0) is 12.1 Å². The molecular formula is C22H21F5N4O2. The summed E-state index contributed by atoms with van der Waals surface area (Å²) in [5, 5.41) is 7.93. The lowest BCUT2D eigenvalue weighted by molar-refractivity contribution is -0.137. The number of piperidine rings is 1. The van der Waals surface area contributed by atoms with Crippen LogP contribution in [0.4, 0.5) is 22.0 Å². The number of likely N-dealkylation sites (tertiary alicyclic amines) is 1. The summed E-state index contributed by atoms with van der Waals surface area (Å²) in [6, 6.07) is 5.90. The third-order valence-corrected chi connectivity index (χ3v) is 5.85. The van der Waals surface area contributed by atoms with Crippen LogP contribution in [-0.4, -0.2) is 45.6 Å². The average Bonchev–Trinajstić information content (AvgIpc) is 3.20. The Morgan fingerprint density at radius 1 is 1.03 bits per heavy atom. The summed E-state index contributed by atoms with van der Waals surface area (Å²) in [5.74, 6) is -3.55. The molecule has 6 nitrogen and oxygen atoms in total. The fourth-order valence-corrected chi connectivity index (χ4v) is 4.00. The van der Waals surface area contributed by atoms with Crippen LogP contribution in [0.2, 0.25) is 0 Å². The molecule has 1 aromatic carbocycles. The number of hydrogen-bond acceptors (Lipinski definition) is 4. The van der Waals surface area contributed by atoms with E-state index >= 15 is 0 Å². The molecule has 0 N–H and O–H groups in total. The van der Waals surface area contributed by atoms with Crippen LogP contribution in [0.25, 0.3) is 5.65 Å². The van der Waals surface area contributed by atoms with Crippen molar-refractivity contribution in [3.05, 3.63) is 59.0 Å². The van der Waals surface area contributed by atoms with E-state index in [4.69, 9.17) is 4.74 Å². The number of rotatable bonds is 4. The molecule has 0 unspecified atom stereocenters. The maximum absolute atomic E-state index is 13.8. The standard InChI is InChI=1S/C22H21F5N4O2/c1-21(23,24)15-9-14(10-16(11-15)22(25,26)27)13-5-7-30(8-6-13)20(32)19-29-28-18-4-3-17(33-2)12-31(18)19/h3-4,9-13H,5-8H2,1-2H3. The summed E-state index contributed by atoms with van der Waals surface area (Å²) in [6.07, 6.45) is -2.48. The molecule has 2 aromatic heterocycles. The van der Waals surface area contributed by atoms with Gasteiger partial charge in [0.2, 0.25) is 5.82 Å². The van der Waals surface area contributed by atoms with Gasteiger partial charge in [-0.05, 0) is 54.7 Å². The molecule has 1 fully saturated rings. The molecule has 0 bridgehead atoms. The number of benzene rings is 1. The number of carbonyl (C=O) groups excluding carboxylic acids is 1. The number of halogens is 5. The Hall–Kier alpha value is -3.24. The minimum absolute atomic E-state index is 0.0920. The highest BCUT2D eigenvalue weighted by Gasteiger charge is 2.36.